The Hall–Kier alpha value is -1.14. The maximum Gasteiger partial charge on any atom is 0.419 e. The van der Waals surface area contributed by atoms with Crippen LogP contribution in [0, 0.1) is 5.82 Å². The predicted octanol–water partition coefficient (Wildman–Crippen LogP) is 3.57. The molecule has 0 saturated carbocycles. The molecule has 0 aliphatic carbocycles. The van der Waals surface area contributed by atoms with E-state index in [0.29, 0.717) is 12.1 Å². The minimum Gasteiger partial charge on any atom is -0.329 e. The van der Waals surface area contributed by atoms with Gasteiger partial charge in [-0.3, -0.25) is 4.90 Å². The number of hydrogen-bond acceptors (Lipinski definition) is 2. The van der Waals surface area contributed by atoms with Gasteiger partial charge >= 0.3 is 6.18 Å². The van der Waals surface area contributed by atoms with Gasteiger partial charge in [-0.25, -0.2) is 4.39 Å². The number of nitrogens with zero attached hydrogens (tertiary/aromatic N) is 1. The first-order valence-electron chi connectivity index (χ1n) is 6.54. The summed E-state index contributed by atoms with van der Waals surface area (Å²) in [6.07, 6.45) is -4.70. The predicted molar refractivity (Wildman–Crippen MR) is 70.7 cm³/mol. The highest BCUT2D eigenvalue weighted by Crippen LogP contribution is 2.34. The van der Waals surface area contributed by atoms with Crippen LogP contribution in [0.25, 0.3) is 0 Å². The highest BCUT2D eigenvalue weighted by atomic mass is 19.4. The molecule has 0 spiro atoms. The first kappa shape index (κ1) is 16.9. The number of nitrogens with two attached hydrogens (primary N) is 1. The van der Waals surface area contributed by atoms with E-state index < -0.39 is 17.6 Å². The third kappa shape index (κ3) is 3.70. The summed E-state index contributed by atoms with van der Waals surface area (Å²) in [5.41, 5.74) is 4.84. The molecule has 2 nitrogen and oxygen atoms in total. The van der Waals surface area contributed by atoms with E-state index in [1.807, 2.05) is 25.7 Å². The lowest BCUT2D eigenvalue weighted by atomic mass is 10.0. The summed E-state index contributed by atoms with van der Waals surface area (Å²) >= 11 is 0. The fraction of sp³-hybridized carbons (Fsp3) is 0.571. The van der Waals surface area contributed by atoms with Crippen LogP contribution in [-0.2, 0) is 6.18 Å². The first-order chi connectivity index (χ1) is 9.22. The van der Waals surface area contributed by atoms with Gasteiger partial charge in [0.05, 0.1) is 5.56 Å². The van der Waals surface area contributed by atoms with Crippen LogP contribution in [0.15, 0.2) is 18.2 Å². The van der Waals surface area contributed by atoms with Crippen molar-refractivity contribution < 1.29 is 17.6 Å². The number of hydrogen-bond donors (Lipinski definition) is 1. The van der Waals surface area contributed by atoms with E-state index in [1.54, 1.807) is 0 Å². The van der Waals surface area contributed by atoms with Crippen LogP contribution in [0.5, 0.6) is 0 Å². The van der Waals surface area contributed by atoms with Crippen LogP contribution in [0.1, 0.15) is 37.9 Å². The third-order valence-electron chi connectivity index (χ3n) is 3.33. The molecule has 0 bridgehead atoms. The lowest BCUT2D eigenvalue weighted by Crippen LogP contribution is -2.38. The topological polar surface area (TPSA) is 29.3 Å². The molecule has 2 N–H and O–H groups in total. The molecule has 1 aromatic rings. The summed E-state index contributed by atoms with van der Waals surface area (Å²) in [4.78, 5) is 1.98. The monoisotopic (exact) mass is 292 g/mol. The van der Waals surface area contributed by atoms with Gasteiger partial charge < -0.3 is 5.73 Å². The molecule has 0 aliphatic heterocycles. The molecule has 1 atom stereocenters. The summed E-state index contributed by atoms with van der Waals surface area (Å²) < 4.78 is 51.6. The molecule has 0 radical (unpaired) electrons. The molecule has 114 valence electrons. The van der Waals surface area contributed by atoms with E-state index in [4.69, 9.17) is 5.73 Å². The summed E-state index contributed by atoms with van der Waals surface area (Å²) in [5, 5.41) is 0. The molecule has 0 amide bonds. The SMILES string of the molecule is CCN(C(C)C)C(CN)c1ccc(F)c(C(F)(F)F)c1. The summed E-state index contributed by atoms with van der Waals surface area (Å²) in [6.45, 7) is 6.63. The van der Waals surface area contributed by atoms with Gasteiger partial charge in [-0.1, -0.05) is 13.0 Å². The highest BCUT2D eigenvalue weighted by Gasteiger charge is 2.35. The van der Waals surface area contributed by atoms with Gasteiger partial charge in [0.15, 0.2) is 0 Å². The minimum atomic E-state index is -4.70. The molecule has 0 saturated heterocycles. The molecular weight excluding hydrogens is 272 g/mol. The first-order valence-corrected chi connectivity index (χ1v) is 6.54. The maximum absolute atomic E-state index is 13.3. The van der Waals surface area contributed by atoms with Crippen molar-refractivity contribution in [3.05, 3.63) is 35.1 Å². The Morgan fingerprint density at radius 1 is 1.25 bits per heavy atom. The van der Waals surface area contributed by atoms with Crippen molar-refractivity contribution in [1.82, 2.24) is 4.90 Å². The molecule has 1 unspecified atom stereocenters. The molecule has 0 aliphatic rings. The van der Waals surface area contributed by atoms with Gasteiger partial charge in [0.2, 0.25) is 0 Å². The lowest BCUT2D eigenvalue weighted by Gasteiger charge is -2.33. The lowest BCUT2D eigenvalue weighted by molar-refractivity contribution is -0.140. The number of alkyl halides is 3. The normalized spacial score (nSPS) is 14.1. The second kappa shape index (κ2) is 6.54. The maximum atomic E-state index is 13.3. The molecule has 1 aromatic carbocycles. The van der Waals surface area contributed by atoms with Crippen LogP contribution >= 0.6 is 0 Å². The van der Waals surface area contributed by atoms with Crippen molar-refractivity contribution in [2.24, 2.45) is 5.73 Å². The fourth-order valence-corrected chi connectivity index (χ4v) is 2.38. The van der Waals surface area contributed by atoms with Crippen LogP contribution in [0.3, 0.4) is 0 Å². The van der Waals surface area contributed by atoms with E-state index >= 15 is 0 Å². The third-order valence-corrected chi connectivity index (χ3v) is 3.33. The van der Waals surface area contributed by atoms with E-state index in [0.717, 1.165) is 12.1 Å². The van der Waals surface area contributed by atoms with Crippen LogP contribution in [0.4, 0.5) is 17.6 Å². The second-order valence-corrected chi connectivity index (χ2v) is 4.91. The fourth-order valence-electron chi connectivity index (χ4n) is 2.38. The van der Waals surface area contributed by atoms with E-state index in [9.17, 15) is 17.6 Å². The average molecular weight is 292 g/mol. The zero-order valence-corrected chi connectivity index (χ0v) is 11.8. The molecule has 6 heteroatoms. The number of rotatable bonds is 5. The standard InChI is InChI=1S/C14H20F4N2/c1-4-20(9(2)3)13(8-19)10-5-6-12(15)11(7-10)14(16,17)18/h5-7,9,13H,4,8,19H2,1-3H3. The zero-order valence-electron chi connectivity index (χ0n) is 11.8. The molecular formula is C14H20F4N2. The Balaban J connectivity index is 3.23. The number of halogens is 4. The van der Waals surface area contributed by atoms with Crippen molar-refractivity contribution in [3.63, 3.8) is 0 Å². The quantitative estimate of drug-likeness (QED) is 0.841. The second-order valence-electron chi connectivity index (χ2n) is 4.91. The molecule has 20 heavy (non-hydrogen) atoms. The van der Waals surface area contributed by atoms with Crippen molar-refractivity contribution in [3.8, 4) is 0 Å². The zero-order chi connectivity index (χ0) is 15.5. The highest BCUT2D eigenvalue weighted by molar-refractivity contribution is 5.30. The smallest absolute Gasteiger partial charge is 0.329 e. The van der Waals surface area contributed by atoms with Crippen molar-refractivity contribution in [2.75, 3.05) is 13.1 Å². The van der Waals surface area contributed by atoms with Crippen molar-refractivity contribution in [2.45, 2.75) is 39.0 Å². The minimum absolute atomic E-state index is 0.132. The Morgan fingerprint density at radius 2 is 1.85 bits per heavy atom. The summed E-state index contributed by atoms with van der Waals surface area (Å²) in [6, 6.07) is 2.86. The van der Waals surface area contributed by atoms with Crippen LogP contribution < -0.4 is 5.73 Å². The molecule has 0 heterocycles. The van der Waals surface area contributed by atoms with Crippen LogP contribution in [0.2, 0.25) is 0 Å². The van der Waals surface area contributed by atoms with Gasteiger partial charge in [0, 0.05) is 18.6 Å². The van der Waals surface area contributed by atoms with Gasteiger partial charge in [-0.05, 0) is 38.1 Å². The van der Waals surface area contributed by atoms with Crippen molar-refractivity contribution in [1.29, 1.82) is 0 Å². The van der Waals surface area contributed by atoms with Gasteiger partial charge in [0.1, 0.15) is 5.82 Å². The number of likely N-dealkylation sites (N-methyl/N-ethyl adjacent to an activating group) is 1. The van der Waals surface area contributed by atoms with Gasteiger partial charge in [-0.2, -0.15) is 13.2 Å². The summed E-state index contributed by atoms with van der Waals surface area (Å²) in [5.74, 6) is -1.26. The molecule has 1 rings (SSSR count). The van der Waals surface area contributed by atoms with Crippen LogP contribution in [-0.4, -0.2) is 24.0 Å². The number of benzene rings is 1. The molecule has 0 fully saturated rings. The van der Waals surface area contributed by atoms with E-state index in [-0.39, 0.29) is 18.6 Å². The van der Waals surface area contributed by atoms with E-state index in [1.165, 1.54) is 6.07 Å². The summed E-state index contributed by atoms with van der Waals surface area (Å²) in [7, 11) is 0. The average Bonchev–Trinajstić information content (AvgIpc) is 2.34. The van der Waals surface area contributed by atoms with Crippen molar-refractivity contribution >= 4 is 0 Å². The Bertz CT molecular complexity index is 443. The van der Waals surface area contributed by atoms with Gasteiger partial charge in [-0.15, -0.1) is 0 Å². The van der Waals surface area contributed by atoms with Gasteiger partial charge in [0.25, 0.3) is 0 Å². The Morgan fingerprint density at radius 3 is 2.25 bits per heavy atom. The molecule has 0 aromatic heterocycles. The Labute approximate surface area is 116 Å². The van der Waals surface area contributed by atoms with E-state index in [2.05, 4.69) is 0 Å². The Kier molecular flexibility index (Phi) is 5.53. The largest absolute Gasteiger partial charge is 0.419 e.